The van der Waals surface area contributed by atoms with E-state index in [2.05, 4.69) is 12.2 Å². The van der Waals surface area contributed by atoms with Crippen molar-refractivity contribution in [2.45, 2.75) is 38.6 Å². The van der Waals surface area contributed by atoms with Crippen molar-refractivity contribution in [1.82, 2.24) is 5.32 Å². The SMILES string of the molecule is CCNC1(C(=O)O)CCC(C)C1. The molecule has 70 valence electrons. The van der Waals surface area contributed by atoms with Crippen molar-refractivity contribution >= 4 is 5.97 Å². The van der Waals surface area contributed by atoms with Crippen molar-refractivity contribution < 1.29 is 9.90 Å². The predicted octanol–water partition coefficient (Wildman–Crippen LogP) is 1.24. The molecule has 2 unspecified atom stereocenters. The highest BCUT2D eigenvalue weighted by Crippen LogP contribution is 2.34. The molecule has 0 saturated heterocycles. The molecule has 0 amide bonds. The maximum atomic E-state index is 11.0. The second-order valence-corrected chi connectivity index (χ2v) is 3.77. The van der Waals surface area contributed by atoms with E-state index in [4.69, 9.17) is 5.11 Å². The molecule has 0 radical (unpaired) electrons. The zero-order chi connectivity index (χ0) is 9.19. The quantitative estimate of drug-likeness (QED) is 0.671. The summed E-state index contributed by atoms with van der Waals surface area (Å²) in [6.07, 6.45) is 2.58. The van der Waals surface area contributed by atoms with Crippen LogP contribution in [0.4, 0.5) is 0 Å². The van der Waals surface area contributed by atoms with Crippen LogP contribution in [0.1, 0.15) is 33.1 Å². The summed E-state index contributed by atoms with van der Waals surface area (Å²) in [4.78, 5) is 11.0. The van der Waals surface area contributed by atoms with Crippen LogP contribution < -0.4 is 5.32 Å². The Morgan fingerprint density at radius 1 is 1.75 bits per heavy atom. The highest BCUT2D eigenvalue weighted by molar-refractivity contribution is 5.79. The first-order chi connectivity index (χ1) is 5.60. The van der Waals surface area contributed by atoms with E-state index >= 15 is 0 Å². The average molecular weight is 171 g/mol. The minimum absolute atomic E-state index is 0.542. The lowest BCUT2D eigenvalue weighted by Gasteiger charge is -2.24. The van der Waals surface area contributed by atoms with E-state index in [9.17, 15) is 4.79 Å². The number of carboxylic acids is 1. The molecule has 0 aliphatic heterocycles. The molecule has 0 aromatic heterocycles. The van der Waals surface area contributed by atoms with Crippen molar-refractivity contribution in [3.8, 4) is 0 Å². The minimum atomic E-state index is -0.686. The largest absolute Gasteiger partial charge is 0.480 e. The predicted molar refractivity (Wildman–Crippen MR) is 47.1 cm³/mol. The molecule has 0 bridgehead atoms. The molecular weight excluding hydrogens is 154 g/mol. The van der Waals surface area contributed by atoms with Gasteiger partial charge in [-0.1, -0.05) is 13.8 Å². The highest BCUT2D eigenvalue weighted by Gasteiger charge is 2.43. The summed E-state index contributed by atoms with van der Waals surface area (Å²) in [6.45, 7) is 4.80. The van der Waals surface area contributed by atoms with Crippen LogP contribution in [0.3, 0.4) is 0 Å². The first-order valence-corrected chi connectivity index (χ1v) is 4.59. The summed E-state index contributed by atoms with van der Waals surface area (Å²) >= 11 is 0. The number of carbonyl (C=O) groups is 1. The number of rotatable bonds is 3. The fourth-order valence-corrected chi connectivity index (χ4v) is 2.06. The second kappa shape index (κ2) is 3.44. The van der Waals surface area contributed by atoms with Gasteiger partial charge in [0.2, 0.25) is 0 Å². The molecule has 12 heavy (non-hydrogen) atoms. The molecule has 2 atom stereocenters. The van der Waals surface area contributed by atoms with E-state index in [0.29, 0.717) is 5.92 Å². The van der Waals surface area contributed by atoms with E-state index in [1.165, 1.54) is 0 Å². The fraction of sp³-hybridized carbons (Fsp3) is 0.889. The Labute approximate surface area is 73.2 Å². The van der Waals surface area contributed by atoms with Crippen molar-refractivity contribution in [3.05, 3.63) is 0 Å². The summed E-state index contributed by atoms with van der Waals surface area (Å²) in [5, 5.41) is 12.1. The van der Waals surface area contributed by atoms with Gasteiger partial charge in [0.15, 0.2) is 0 Å². The third kappa shape index (κ3) is 1.61. The third-order valence-corrected chi connectivity index (χ3v) is 2.69. The second-order valence-electron chi connectivity index (χ2n) is 3.77. The van der Waals surface area contributed by atoms with E-state index in [1.54, 1.807) is 0 Å². The molecule has 0 aromatic rings. The van der Waals surface area contributed by atoms with Gasteiger partial charge in [-0.15, -0.1) is 0 Å². The number of likely N-dealkylation sites (N-methyl/N-ethyl adjacent to an activating group) is 1. The van der Waals surface area contributed by atoms with Crippen molar-refractivity contribution in [3.63, 3.8) is 0 Å². The maximum Gasteiger partial charge on any atom is 0.323 e. The fourth-order valence-electron chi connectivity index (χ4n) is 2.06. The van der Waals surface area contributed by atoms with E-state index in [-0.39, 0.29) is 0 Å². The Morgan fingerprint density at radius 2 is 2.42 bits per heavy atom. The van der Waals surface area contributed by atoms with E-state index < -0.39 is 11.5 Å². The molecule has 2 N–H and O–H groups in total. The zero-order valence-corrected chi connectivity index (χ0v) is 7.76. The van der Waals surface area contributed by atoms with Crippen molar-refractivity contribution in [1.29, 1.82) is 0 Å². The van der Waals surface area contributed by atoms with E-state index in [0.717, 1.165) is 25.8 Å². The smallest absolute Gasteiger partial charge is 0.323 e. The van der Waals surface area contributed by atoms with Crippen molar-refractivity contribution in [2.75, 3.05) is 6.54 Å². The standard InChI is InChI=1S/C9H17NO2/c1-3-10-9(8(11)12)5-4-7(2)6-9/h7,10H,3-6H2,1-2H3,(H,11,12). The van der Waals surface area contributed by atoms with Crippen LogP contribution in [0.15, 0.2) is 0 Å². The Morgan fingerprint density at radius 3 is 2.75 bits per heavy atom. The van der Waals surface area contributed by atoms with Gasteiger partial charge in [-0.05, 0) is 31.7 Å². The molecule has 3 heteroatoms. The van der Waals surface area contributed by atoms with Gasteiger partial charge < -0.3 is 10.4 Å². The lowest BCUT2D eigenvalue weighted by Crippen LogP contribution is -2.49. The lowest BCUT2D eigenvalue weighted by atomic mass is 9.96. The van der Waals surface area contributed by atoms with Gasteiger partial charge in [0.05, 0.1) is 0 Å². The van der Waals surface area contributed by atoms with Crippen LogP contribution in [0.25, 0.3) is 0 Å². The lowest BCUT2D eigenvalue weighted by molar-refractivity contribution is -0.144. The number of carboxylic acid groups (broad SMARTS) is 1. The molecule has 3 nitrogen and oxygen atoms in total. The minimum Gasteiger partial charge on any atom is -0.480 e. The summed E-state index contributed by atoms with van der Waals surface area (Å²) in [6, 6.07) is 0. The Balaban J connectivity index is 2.67. The molecular formula is C9H17NO2. The summed E-state index contributed by atoms with van der Waals surface area (Å²) < 4.78 is 0. The Bertz CT molecular complexity index is 177. The molecule has 0 heterocycles. The number of hydrogen-bond donors (Lipinski definition) is 2. The Kier molecular flexibility index (Phi) is 2.73. The first-order valence-electron chi connectivity index (χ1n) is 4.59. The van der Waals surface area contributed by atoms with Gasteiger partial charge in [0, 0.05) is 0 Å². The van der Waals surface area contributed by atoms with Crippen LogP contribution >= 0.6 is 0 Å². The van der Waals surface area contributed by atoms with Gasteiger partial charge in [0.25, 0.3) is 0 Å². The molecule has 1 aliphatic carbocycles. The molecule has 0 spiro atoms. The summed E-state index contributed by atoms with van der Waals surface area (Å²) in [5.74, 6) is -0.145. The third-order valence-electron chi connectivity index (χ3n) is 2.69. The number of aliphatic carboxylic acids is 1. The van der Waals surface area contributed by atoms with Gasteiger partial charge in [0.1, 0.15) is 5.54 Å². The van der Waals surface area contributed by atoms with Crippen molar-refractivity contribution in [2.24, 2.45) is 5.92 Å². The molecule has 1 aliphatic rings. The summed E-state index contributed by atoms with van der Waals surface area (Å²) in [5.41, 5.74) is -0.617. The topological polar surface area (TPSA) is 49.3 Å². The molecule has 1 fully saturated rings. The molecule has 0 aromatic carbocycles. The van der Waals surface area contributed by atoms with Gasteiger partial charge in [-0.2, -0.15) is 0 Å². The van der Waals surface area contributed by atoms with Gasteiger partial charge in [-0.25, -0.2) is 0 Å². The maximum absolute atomic E-state index is 11.0. The van der Waals surface area contributed by atoms with Gasteiger partial charge >= 0.3 is 5.97 Å². The van der Waals surface area contributed by atoms with Crippen LogP contribution in [-0.2, 0) is 4.79 Å². The van der Waals surface area contributed by atoms with Crippen LogP contribution in [-0.4, -0.2) is 23.2 Å². The average Bonchev–Trinajstić information content (AvgIpc) is 2.34. The Hall–Kier alpha value is -0.570. The summed E-state index contributed by atoms with van der Waals surface area (Å²) in [7, 11) is 0. The van der Waals surface area contributed by atoms with Crippen LogP contribution in [0, 0.1) is 5.92 Å². The molecule has 1 saturated carbocycles. The van der Waals surface area contributed by atoms with Gasteiger partial charge in [-0.3, -0.25) is 4.79 Å². The monoisotopic (exact) mass is 171 g/mol. The first kappa shape index (κ1) is 9.52. The highest BCUT2D eigenvalue weighted by atomic mass is 16.4. The number of nitrogens with one attached hydrogen (secondary N) is 1. The molecule has 1 rings (SSSR count). The van der Waals surface area contributed by atoms with E-state index in [1.807, 2.05) is 6.92 Å². The zero-order valence-electron chi connectivity index (χ0n) is 7.76. The normalized spacial score (nSPS) is 35.3. The van der Waals surface area contributed by atoms with Crippen LogP contribution in [0.5, 0.6) is 0 Å². The van der Waals surface area contributed by atoms with Crippen LogP contribution in [0.2, 0.25) is 0 Å². The number of hydrogen-bond acceptors (Lipinski definition) is 2.